The Kier molecular flexibility index (Phi) is 14.5. The van der Waals surface area contributed by atoms with Crippen molar-refractivity contribution in [1.29, 1.82) is 0 Å². The maximum Gasteiger partial charge on any atom is 0.190 e. The van der Waals surface area contributed by atoms with E-state index in [1.165, 1.54) is 25.3 Å². The molecule has 0 radical (unpaired) electrons. The molecular formula is C26H46ClNO8. The van der Waals surface area contributed by atoms with Crippen LogP contribution in [0.1, 0.15) is 58.4 Å². The van der Waals surface area contributed by atoms with Crippen LogP contribution in [0.25, 0.3) is 0 Å². The largest absolute Gasteiger partial charge is 0.508 e. The first-order valence-corrected chi connectivity index (χ1v) is 12.6. The molecule has 0 saturated carbocycles. The Labute approximate surface area is 221 Å². The van der Waals surface area contributed by atoms with Gasteiger partial charge in [0.15, 0.2) is 12.1 Å². The van der Waals surface area contributed by atoms with Gasteiger partial charge in [-0.25, -0.2) is 0 Å². The molecular weight excluding hydrogens is 490 g/mol. The summed E-state index contributed by atoms with van der Waals surface area (Å²) in [6.07, 6.45) is 3.50. The standard InChI is InChI=1S/C14H27NO6.C12H18O2.ClH/c1-14(2)20-12-11(18-7-5-6-15(3)4)10(9(17)8-16)19-13(12)21-14;1-2-3-4-5-6-10-7-8-11(13)9-12(10)14;/h9-13,16-17H,5-8H2,1-4H3;7-9,13-14H,2-6H2,1H3;1H. The molecule has 9 nitrogen and oxygen atoms in total. The van der Waals surface area contributed by atoms with Gasteiger partial charge in [-0.3, -0.25) is 0 Å². The predicted octanol–water partition coefficient (Wildman–Crippen LogP) is 3.20. The molecule has 10 heteroatoms. The minimum atomic E-state index is -1.01. The first-order chi connectivity index (χ1) is 16.6. The Morgan fingerprint density at radius 2 is 1.81 bits per heavy atom. The lowest BCUT2D eigenvalue weighted by Crippen LogP contribution is -2.44. The van der Waals surface area contributed by atoms with E-state index in [2.05, 4.69) is 11.8 Å². The van der Waals surface area contributed by atoms with Crippen LogP contribution in [0.15, 0.2) is 18.2 Å². The van der Waals surface area contributed by atoms with Gasteiger partial charge in [0.25, 0.3) is 0 Å². The maximum absolute atomic E-state index is 9.88. The fourth-order valence-electron chi connectivity index (χ4n) is 4.21. The van der Waals surface area contributed by atoms with Crippen molar-refractivity contribution in [3.05, 3.63) is 23.8 Å². The van der Waals surface area contributed by atoms with Gasteiger partial charge in [-0.2, -0.15) is 0 Å². The van der Waals surface area contributed by atoms with Crippen molar-refractivity contribution in [3.8, 4) is 11.5 Å². The van der Waals surface area contributed by atoms with Crippen molar-refractivity contribution in [2.75, 3.05) is 33.9 Å². The number of aryl methyl sites for hydroxylation is 1. The van der Waals surface area contributed by atoms with Gasteiger partial charge in [-0.15, -0.1) is 12.4 Å². The van der Waals surface area contributed by atoms with Gasteiger partial charge in [0.2, 0.25) is 0 Å². The topological polar surface area (TPSA) is 121 Å². The van der Waals surface area contributed by atoms with Crippen LogP contribution in [0, 0.1) is 0 Å². The van der Waals surface area contributed by atoms with Crippen LogP contribution in [0.3, 0.4) is 0 Å². The van der Waals surface area contributed by atoms with Crippen LogP contribution in [0.5, 0.6) is 11.5 Å². The maximum atomic E-state index is 9.88. The van der Waals surface area contributed by atoms with Gasteiger partial charge in [0.1, 0.15) is 35.9 Å². The number of rotatable bonds is 12. The number of phenolic OH excluding ortho intramolecular Hbond substituents is 2. The van der Waals surface area contributed by atoms with Gasteiger partial charge in [0, 0.05) is 12.7 Å². The minimum Gasteiger partial charge on any atom is -0.508 e. The highest BCUT2D eigenvalue weighted by Gasteiger charge is 2.56. The number of phenols is 2. The fraction of sp³-hybridized carbons (Fsp3) is 0.769. The summed E-state index contributed by atoms with van der Waals surface area (Å²) >= 11 is 0. The third-order valence-corrected chi connectivity index (χ3v) is 6.02. The summed E-state index contributed by atoms with van der Waals surface area (Å²) < 4.78 is 23.0. The van der Waals surface area contributed by atoms with E-state index in [0.29, 0.717) is 6.61 Å². The van der Waals surface area contributed by atoms with E-state index in [0.717, 1.165) is 31.4 Å². The van der Waals surface area contributed by atoms with Crippen LogP contribution in [-0.2, 0) is 25.4 Å². The number of hydrogen-bond donors (Lipinski definition) is 4. The van der Waals surface area contributed by atoms with Crippen molar-refractivity contribution in [2.24, 2.45) is 0 Å². The van der Waals surface area contributed by atoms with Crippen molar-refractivity contribution in [1.82, 2.24) is 4.90 Å². The zero-order valence-electron chi connectivity index (χ0n) is 22.3. The van der Waals surface area contributed by atoms with E-state index in [4.69, 9.17) is 29.2 Å². The molecule has 2 aliphatic rings. The smallest absolute Gasteiger partial charge is 0.190 e. The zero-order valence-corrected chi connectivity index (χ0v) is 23.1. The van der Waals surface area contributed by atoms with E-state index >= 15 is 0 Å². The molecule has 2 aliphatic heterocycles. The average molecular weight is 536 g/mol. The van der Waals surface area contributed by atoms with Crippen LogP contribution in [0.4, 0.5) is 0 Å². The van der Waals surface area contributed by atoms with Crippen molar-refractivity contribution in [3.63, 3.8) is 0 Å². The van der Waals surface area contributed by atoms with E-state index in [-0.39, 0.29) is 36.6 Å². The Hall–Kier alpha value is -1.17. The first-order valence-electron chi connectivity index (χ1n) is 12.6. The van der Waals surface area contributed by atoms with E-state index < -0.39 is 30.4 Å². The molecule has 1 aromatic carbocycles. The first kappa shape index (κ1) is 32.9. The summed E-state index contributed by atoms with van der Waals surface area (Å²) in [5.41, 5.74) is 0.930. The highest BCUT2D eigenvalue weighted by Crippen LogP contribution is 2.39. The summed E-state index contributed by atoms with van der Waals surface area (Å²) in [4.78, 5) is 2.08. The quantitative estimate of drug-likeness (QED) is 0.299. The van der Waals surface area contributed by atoms with E-state index in [1.54, 1.807) is 12.1 Å². The molecule has 2 fully saturated rings. The van der Waals surface area contributed by atoms with Crippen LogP contribution < -0.4 is 0 Å². The number of aliphatic hydroxyl groups excluding tert-OH is 2. The molecule has 2 saturated heterocycles. The number of unbranched alkanes of at least 4 members (excludes halogenated alkanes) is 3. The van der Waals surface area contributed by atoms with Gasteiger partial charge in [-0.1, -0.05) is 32.3 Å². The fourth-order valence-corrected chi connectivity index (χ4v) is 4.21. The number of aromatic hydroxyl groups is 2. The lowest BCUT2D eigenvalue weighted by molar-refractivity contribution is -0.231. The van der Waals surface area contributed by atoms with Crippen LogP contribution in [0.2, 0.25) is 0 Å². The SMILES string of the molecule is CCCCCCc1ccc(O)cc1O.CN(C)CCCOC1C(C(O)CO)OC2OC(C)(C)OC21.Cl. The van der Waals surface area contributed by atoms with Crippen LogP contribution in [-0.4, -0.2) is 95.7 Å². The lowest BCUT2D eigenvalue weighted by atomic mass is 10.1. The van der Waals surface area contributed by atoms with Gasteiger partial charge >= 0.3 is 0 Å². The van der Waals surface area contributed by atoms with E-state index in [1.807, 2.05) is 27.9 Å². The highest BCUT2D eigenvalue weighted by atomic mass is 35.5. The number of benzene rings is 1. The molecule has 0 bridgehead atoms. The number of ether oxygens (including phenoxy) is 4. The second-order valence-electron chi connectivity index (χ2n) is 9.94. The number of hydrogen-bond acceptors (Lipinski definition) is 9. The van der Waals surface area contributed by atoms with Gasteiger partial charge in [-0.05, 0) is 65.4 Å². The zero-order chi connectivity index (χ0) is 26.0. The minimum absolute atomic E-state index is 0. The van der Waals surface area contributed by atoms with Gasteiger partial charge < -0.3 is 44.3 Å². The van der Waals surface area contributed by atoms with E-state index in [9.17, 15) is 10.2 Å². The molecule has 2 heterocycles. The number of fused-ring (bicyclic) bond motifs is 1. The second kappa shape index (κ2) is 15.9. The molecule has 0 aliphatic carbocycles. The van der Waals surface area contributed by atoms with Crippen molar-refractivity contribution in [2.45, 2.75) is 95.8 Å². The lowest BCUT2D eigenvalue weighted by Gasteiger charge is -2.28. The Bertz CT molecular complexity index is 751. The molecule has 210 valence electrons. The average Bonchev–Trinajstić information content (AvgIpc) is 3.27. The molecule has 0 spiro atoms. The molecule has 5 atom stereocenters. The molecule has 4 N–H and O–H groups in total. The number of nitrogens with zero attached hydrogens (tertiary/aromatic N) is 1. The normalized spacial score (nSPS) is 25.1. The monoisotopic (exact) mass is 535 g/mol. The Balaban J connectivity index is 0.000000379. The summed E-state index contributed by atoms with van der Waals surface area (Å²) in [6.45, 7) is 6.87. The Morgan fingerprint density at radius 1 is 1.08 bits per heavy atom. The number of aliphatic hydroxyl groups is 2. The second-order valence-corrected chi connectivity index (χ2v) is 9.94. The third-order valence-electron chi connectivity index (χ3n) is 6.02. The van der Waals surface area contributed by atoms with Crippen molar-refractivity contribution >= 4 is 12.4 Å². The molecule has 3 rings (SSSR count). The third kappa shape index (κ3) is 10.3. The molecule has 0 aromatic heterocycles. The van der Waals surface area contributed by atoms with Gasteiger partial charge in [0.05, 0.1) is 6.61 Å². The van der Waals surface area contributed by atoms with Crippen molar-refractivity contribution < 1.29 is 39.4 Å². The molecule has 36 heavy (non-hydrogen) atoms. The summed E-state index contributed by atoms with van der Waals surface area (Å²) in [5.74, 6) is -0.392. The predicted molar refractivity (Wildman–Crippen MR) is 140 cm³/mol. The molecule has 5 unspecified atom stereocenters. The summed E-state index contributed by atoms with van der Waals surface area (Å²) in [5, 5.41) is 37.6. The molecule has 1 aromatic rings. The summed E-state index contributed by atoms with van der Waals surface area (Å²) in [7, 11) is 4.01. The van der Waals surface area contributed by atoms with Crippen LogP contribution >= 0.6 is 12.4 Å². The Morgan fingerprint density at radius 3 is 2.42 bits per heavy atom. The molecule has 0 amide bonds. The number of halogens is 1. The summed E-state index contributed by atoms with van der Waals surface area (Å²) in [6, 6.07) is 4.81. The highest BCUT2D eigenvalue weighted by molar-refractivity contribution is 5.85.